The van der Waals surface area contributed by atoms with E-state index in [4.69, 9.17) is 10.7 Å². The molecule has 1 fully saturated rings. The highest BCUT2D eigenvalue weighted by Crippen LogP contribution is 2.31. The van der Waals surface area contributed by atoms with Gasteiger partial charge in [0.1, 0.15) is 0 Å². The second kappa shape index (κ2) is 4.40. The molecule has 5 heteroatoms. The number of nitrogen functional groups attached to an aromatic ring is 1. The van der Waals surface area contributed by atoms with Gasteiger partial charge < -0.3 is 15.5 Å². The number of thiazole rings is 1. The first-order chi connectivity index (χ1) is 8.63. The molecule has 1 atom stereocenters. The standard InChI is InChI=1S/C13H18N4S/c1-9-8-17(6-5-16(9)2)13-15-11-4-3-10(14)7-12(11)18-13/h3-4,7,9H,5-6,8,14H2,1-2H3. The van der Waals surface area contributed by atoms with Gasteiger partial charge in [0.05, 0.1) is 10.2 Å². The molecule has 1 saturated heterocycles. The first kappa shape index (κ1) is 11.7. The van der Waals surface area contributed by atoms with E-state index in [1.54, 1.807) is 11.3 Å². The summed E-state index contributed by atoms with van der Waals surface area (Å²) in [5.41, 5.74) is 7.67. The van der Waals surface area contributed by atoms with Gasteiger partial charge in [-0.1, -0.05) is 11.3 Å². The predicted molar refractivity (Wildman–Crippen MR) is 78.3 cm³/mol. The molecule has 0 saturated carbocycles. The zero-order chi connectivity index (χ0) is 12.7. The zero-order valence-corrected chi connectivity index (χ0v) is 11.6. The molecule has 1 aliphatic heterocycles. The third-order valence-corrected chi connectivity index (χ3v) is 4.71. The first-order valence-electron chi connectivity index (χ1n) is 6.25. The van der Waals surface area contributed by atoms with E-state index in [1.807, 2.05) is 18.2 Å². The Labute approximate surface area is 111 Å². The molecule has 18 heavy (non-hydrogen) atoms. The Hall–Kier alpha value is -1.33. The maximum absolute atomic E-state index is 5.81. The Balaban J connectivity index is 1.90. The number of hydrogen-bond acceptors (Lipinski definition) is 5. The molecular formula is C13H18N4S. The summed E-state index contributed by atoms with van der Waals surface area (Å²) in [6.07, 6.45) is 0. The van der Waals surface area contributed by atoms with Crippen molar-refractivity contribution < 1.29 is 0 Å². The fraction of sp³-hybridized carbons (Fsp3) is 0.462. The molecule has 0 bridgehead atoms. The van der Waals surface area contributed by atoms with Crippen molar-refractivity contribution in [2.75, 3.05) is 37.3 Å². The number of nitrogens with zero attached hydrogens (tertiary/aromatic N) is 3. The number of anilines is 2. The Kier molecular flexibility index (Phi) is 2.87. The smallest absolute Gasteiger partial charge is 0.186 e. The normalized spacial score (nSPS) is 21.7. The lowest BCUT2D eigenvalue weighted by atomic mass is 10.2. The quantitative estimate of drug-likeness (QED) is 0.799. The molecule has 0 radical (unpaired) electrons. The number of likely N-dealkylation sites (N-methyl/N-ethyl adjacent to an activating group) is 1. The van der Waals surface area contributed by atoms with Crippen molar-refractivity contribution in [3.8, 4) is 0 Å². The molecule has 2 N–H and O–H groups in total. The van der Waals surface area contributed by atoms with Crippen molar-refractivity contribution in [2.24, 2.45) is 0 Å². The van der Waals surface area contributed by atoms with Gasteiger partial charge in [-0.3, -0.25) is 0 Å². The van der Waals surface area contributed by atoms with E-state index in [9.17, 15) is 0 Å². The molecule has 1 aliphatic rings. The van der Waals surface area contributed by atoms with Gasteiger partial charge in [-0.2, -0.15) is 0 Å². The second-order valence-corrected chi connectivity index (χ2v) is 6.01. The number of piperazine rings is 1. The van der Waals surface area contributed by atoms with Gasteiger partial charge in [-0.25, -0.2) is 4.98 Å². The van der Waals surface area contributed by atoms with Crippen molar-refractivity contribution in [3.63, 3.8) is 0 Å². The second-order valence-electron chi connectivity index (χ2n) is 5.00. The predicted octanol–water partition coefficient (Wildman–Crippen LogP) is 2.02. The molecule has 0 spiro atoms. The lowest BCUT2D eigenvalue weighted by Crippen LogP contribution is -2.50. The van der Waals surface area contributed by atoms with Gasteiger partial charge in [0, 0.05) is 31.4 Å². The SMILES string of the molecule is CC1CN(c2nc3ccc(N)cc3s2)CCN1C. The molecular weight excluding hydrogens is 244 g/mol. The van der Waals surface area contributed by atoms with E-state index in [1.165, 1.54) is 4.70 Å². The summed E-state index contributed by atoms with van der Waals surface area (Å²) in [6.45, 7) is 5.46. The van der Waals surface area contributed by atoms with Crippen LogP contribution in [0.1, 0.15) is 6.92 Å². The van der Waals surface area contributed by atoms with E-state index in [2.05, 4.69) is 23.8 Å². The van der Waals surface area contributed by atoms with Crippen LogP contribution in [0.5, 0.6) is 0 Å². The monoisotopic (exact) mass is 262 g/mol. The molecule has 1 aromatic carbocycles. The van der Waals surface area contributed by atoms with Crippen LogP contribution in [0.3, 0.4) is 0 Å². The van der Waals surface area contributed by atoms with Crippen LogP contribution in [0.15, 0.2) is 18.2 Å². The summed E-state index contributed by atoms with van der Waals surface area (Å²) in [4.78, 5) is 9.48. The van der Waals surface area contributed by atoms with Crippen LogP contribution in [0.2, 0.25) is 0 Å². The van der Waals surface area contributed by atoms with E-state index in [0.717, 1.165) is 36.0 Å². The average Bonchev–Trinajstić information content (AvgIpc) is 2.75. The molecule has 0 aliphatic carbocycles. The van der Waals surface area contributed by atoms with Gasteiger partial charge in [-0.15, -0.1) is 0 Å². The lowest BCUT2D eigenvalue weighted by Gasteiger charge is -2.37. The maximum atomic E-state index is 5.81. The zero-order valence-electron chi connectivity index (χ0n) is 10.8. The molecule has 96 valence electrons. The summed E-state index contributed by atoms with van der Waals surface area (Å²) >= 11 is 1.74. The van der Waals surface area contributed by atoms with Crippen LogP contribution in [0.25, 0.3) is 10.2 Å². The minimum atomic E-state index is 0.579. The maximum Gasteiger partial charge on any atom is 0.186 e. The van der Waals surface area contributed by atoms with E-state index in [0.29, 0.717) is 6.04 Å². The first-order valence-corrected chi connectivity index (χ1v) is 7.06. The van der Waals surface area contributed by atoms with Crippen LogP contribution in [-0.2, 0) is 0 Å². The minimum Gasteiger partial charge on any atom is -0.399 e. The van der Waals surface area contributed by atoms with Crippen molar-refractivity contribution in [1.29, 1.82) is 0 Å². The molecule has 1 aromatic heterocycles. The molecule has 0 amide bonds. The number of rotatable bonds is 1. The van der Waals surface area contributed by atoms with Gasteiger partial charge in [0.2, 0.25) is 0 Å². The largest absolute Gasteiger partial charge is 0.399 e. The van der Waals surface area contributed by atoms with Crippen LogP contribution in [-0.4, -0.2) is 42.6 Å². The highest BCUT2D eigenvalue weighted by atomic mass is 32.1. The van der Waals surface area contributed by atoms with Gasteiger partial charge in [0.15, 0.2) is 5.13 Å². The van der Waals surface area contributed by atoms with Crippen LogP contribution in [0, 0.1) is 0 Å². The highest BCUT2D eigenvalue weighted by Gasteiger charge is 2.22. The van der Waals surface area contributed by atoms with Gasteiger partial charge in [-0.05, 0) is 32.2 Å². The minimum absolute atomic E-state index is 0.579. The Morgan fingerprint density at radius 2 is 2.22 bits per heavy atom. The number of fused-ring (bicyclic) bond motifs is 1. The van der Waals surface area contributed by atoms with E-state index in [-0.39, 0.29) is 0 Å². The van der Waals surface area contributed by atoms with Crippen LogP contribution >= 0.6 is 11.3 Å². The van der Waals surface area contributed by atoms with Crippen molar-refractivity contribution in [1.82, 2.24) is 9.88 Å². The van der Waals surface area contributed by atoms with E-state index >= 15 is 0 Å². The molecule has 3 rings (SSSR count). The van der Waals surface area contributed by atoms with Gasteiger partial charge >= 0.3 is 0 Å². The number of nitrogens with two attached hydrogens (primary N) is 1. The van der Waals surface area contributed by atoms with Crippen LogP contribution in [0.4, 0.5) is 10.8 Å². The number of aromatic nitrogens is 1. The summed E-state index contributed by atoms with van der Waals surface area (Å²) in [5, 5.41) is 1.12. The third-order valence-electron chi connectivity index (χ3n) is 3.63. The summed E-state index contributed by atoms with van der Waals surface area (Å²) in [6, 6.07) is 6.51. The third kappa shape index (κ3) is 2.04. The Bertz CT molecular complexity index is 565. The van der Waals surface area contributed by atoms with Crippen molar-refractivity contribution in [2.45, 2.75) is 13.0 Å². The fourth-order valence-electron chi connectivity index (χ4n) is 2.29. The lowest BCUT2D eigenvalue weighted by molar-refractivity contribution is 0.234. The van der Waals surface area contributed by atoms with Crippen molar-refractivity contribution in [3.05, 3.63) is 18.2 Å². The Morgan fingerprint density at radius 1 is 1.39 bits per heavy atom. The Morgan fingerprint density at radius 3 is 3.00 bits per heavy atom. The van der Waals surface area contributed by atoms with Crippen molar-refractivity contribution >= 4 is 32.4 Å². The summed E-state index contributed by atoms with van der Waals surface area (Å²) in [5.74, 6) is 0. The highest BCUT2D eigenvalue weighted by molar-refractivity contribution is 7.22. The number of benzene rings is 1. The van der Waals surface area contributed by atoms with Gasteiger partial charge in [0.25, 0.3) is 0 Å². The average molecular weight is 262 g/mol. The fourth-order valence-corrected chi connectivity index (χ4v) is 3.34. The molecule has 2 aromatic rings. The topological polar surface area (TPSA) is 45.4 Å². The molecule has 2 heterocycles. The number of hydrogen-bond donors (Lipinski definition) is 1. The van der Waals surface area contributed by atoms with E-state index < -0.39 is 0 Å². The molecule has 1 unspecified atom stereocenters. The summed E-state index contributed by atoms with van der Waals surface area (Å²) in [7, 11) is 2.18. The summed E-state index contributed by atoms with van der Waals surface area (Å²) < 4.78 is 1.18. The van der Waals surface area contributed by atoms with Crippen LogP contribution < -0.4 is 10.6 Å². The molecule has 4 nitrogen and oxygen atoms in total.